The summed E-state index contributed by atoms with van der Waals surface area (Å²) < 4.78 is 67.6. The summed E-state index contributed by atoms with van der Waals surface area (Å²) in [6.07, 6.45) is -3.06. The Morgan fingerprint density at radius 2 is 1.67 bits per heavy atom. The molecule has 0 aromatic heterocycles. The molecule has 2 aromatic rings. The first-order valence-electron chi connectivity index (χ1n) is 16.1. The average molecular weight is 730 g/mol. The molecule has 2 aliphatic rings. The number of nitrogens with zero attached hydrogens (tertiary/aromatic N) is 2. The summed E-state index contributed by atoms with van der Waals surface area (Å²) in [4.78, 5) is 33.2. The summed E-state index contributed by atoms with van der Waals surface area (Å²) in [5.74, 6) is 0.539. The first-order chi connectivity index (χ1) is 23.1. The number of hydrogen-bond donors (Lipinski definition) is 4. The average Bonchev–Trinajstić information content (AvgIpc) is 3.65. The Morgan fingerprint density at radius 1 is 1.02 bits per heavy atom. The minimum absolute atomic E-state index is 0.0640. The van der Waals surface area contributed by atoms with Gasteiger partial charge in [-0.2, -0.15) is 4.31 Å². The Balaban J connectivity index is 1.51. The Morgan fingerprint density at radius 3 is 2.31 bits per heavy atom. The molecule has 2 saturated heterocycles. The number of carbonyl (C=O) groups is 1. The van der Waals surface area contributed by atoms with Gasteiger partial charge in [0.05, 0.1) is 36.2 Å². The number of fused-ring (bicyclic) bond motifs is 1. The van der Waals surface area contributed by atoms with Crippen LogP contribution in [0, 0.1) is 11.8 Å². The van der Waals surface area contributed by atoms with Crippen LogP contribution in [0.2, 0.25) is 0 Å². The highest BCUT2D eigenvalue weighted by Gasteiger charge is 2.44. The van der Waals surface area contributed by atoms with E-state index in [1.165, 1.54) is 24.3 Å². The second kappa shape index (κ2) is 17.4. The van der Waals surface area contributed by atoms with Gasteiger partial charge in [0.15, 0.2) is 12.6 Å². The predicted octanol–water partition coefficient (Wildman–Crippen LogP) is 2.25. The van der Waals surface area contributed by atoms with E-state index in [4.69, 9.17) is 33.5 Å². The standard InChI is InChI=1S/C32H48N3O12PS/c1-22(2)18-35(49(41,42)26-11-9-25(10-12-26)46-21-48(38,39)40)19-29(36)28(17-23-5-7-24(8-6-23)43-16-14-34(3)4)33-32(37)47-30-20-45-31-27(30)13-15-44-31/h5-12,22,27-31,36H,13-21H2,1-4H3,(H,33,37)(H2,38,39,40)/t27-,28-,29+,30-,31+/m0/s1. The predicted molar refractivity (Wildman–Crippen MR) is 179 cm³/mol. The molecule has 2 aliphatic heterocycles. The summed E-state index contributed by atoms with van der Waals surface area (Å²) in [5.41, 5.74) is 0.766. The first kappa shape index (κ1) is 39.0. The summed E-state index contributed by atoms with van der Waals surface area (Å²) in [6.45, 7) is 5.34. The Hall–Kier alpha value is -2.79. The van der Waals surface area contributed by atoms with E-state index in [1.807, 2.05) is 45.0 Å². The molecule has 2 aromatic carbocycles. The maximum atomic E-state index is 13.8. The van der Waals surface area contributed by atoms with Crippen molar-refractivity contribution in [3.8, 4) is 11.5 Å². The fourth-order valence-corrected chi connectivity index (χ4v) is 7.44. The number of nitrogens with one attached hydrogen (secondary N) is 1. The van der Waals surface area contributed by atoms with E-state index in [1.54, 1.807) is 12.1 Å². The van der Waals surface area contributed by atoms with E-state index in [0.29, 0.717) is 25.4 Å². The summed E-state index contributed by atoms with van der Waals surface area (Å²) in [5, 5.41) is 14.4. The van der Waals surface area contributed by atoms with Gasteiger partial charge < -0.3 is 48.8 Å². The van der Waals surface area contributed by atoms with E-state index >= 15 is 0 Å². The van der Waals surface area contributed by atoms with Crippen LogP contribution >= 0.6 is 7.60 Å². The van der Waals surface area contributed by atoms with E-state index in [2.05, 4.69) is 5.32 Å². The smallest absolute Gasteiger partial charge is 0.407 e. The lowest BCUT2D eigenvalue weighted by atomic mass is 10.0. The van der Waals surface area contributed by atoms with Crippen molar-refractivity contribution in [2.45, 2.75) is 56.1 Å². The number of carbonyl (C=O) groups excluding carboxylic acids is 1. The van der Waals surface area contributed by atoms with Crippen LogP contribution in [0.4, 0.5) is 4.79 Å². The number of benzene rings is 2. The quantitative estimate of drug-likeness (QED) is 0.164. The van der Waals surface area contributed by atoms with E-state index in [9.17, 15) is 22.9 Å². The number of amides is 1. The highest BCUT2D eigenvalue weighted by Crippen LogP contribution is 2.35. The van der Waals surface area contributed by atoms with Gasteiger partial charge in [0.2, 0.25) is 10.0 Å². The number of rotatable bonds is 18. The zero-order valence-corrected chi connectivity index (χ0v) is 29.9. The molecule has 0 aliphatic carbocycles. The normalized spacial score (nSPS) is 20.7. The zero-order valence-electron chi connectivity index (χ0n) is 28.2. The monoisotopic (exact) mass is 729 g/mol. The molecule has 4 rings (SSSR count). The van der Waals surface area contributed by atoms with E-state index in [-0.39, 0.29) is 48.6 Å². The van der Waals surface area contributed by atoms with Gasteiger partial charge in [-0.1, -0.05) is 26.0 Å². The number of hydrogen-bond acceptors (Lipinski definition) is 11. The third-order valence-electron chi connectivity index (χ3n) is 8.02. The van der Waals surface area contributed by atoms with Gasteiger partial charge in [0.1, 0.15) is 24.2 Å². The van der Waals surface area contributed by atoms with Crippen LogP contribution in [0.25, 0.3) is 0 Å². The Labute approximate surface area is 287 Å². The number of likely N-dealkylation sites (N-methyl/N-ethyl adjacent to an activating group) is 1. The molecule has 2 fully saturated rings. The molecule has 0 bridgehead atoms. The Kier molecular flexibility index (Phi) is 13.9. The van der Waals surface area contributed by atoms with Crippen LogP contribution in [0.3, 0.4) is 0 Å². The van der Waals surface area contributed by atoms with Crippen LogP contribution < -0.4 is 14.8 Å². The lowest BCUT2D eigenvalue weighted by molar-refractivity contribution is -0.0907. The van der Waals surface area contributed by atoms with Gasteiger partial charge in [-0.3, -0.25) is 4.57 Å². The topological polar surface area (TPSA) is 194 Å². The van der Waals surface area contributed by atoms with Crippen LogP contribution in [-0.2, 0) is 35.2 Å². The molecule has 0 unspecified atom stereocenters. The second-order valence-electron chi connectivity index (χ2n) is 12.9. The molecule has 17 heteroatoms. The second-order valence-corrected chi connectivity index (χ2v) is 16.4. The number of ether oxygens (including phenoxy) is 5. The molecular weight excluding hydrogens is 681 g/mol. The third kappa shape index (κ3) is 11.9. The molecule has 0 radical (unpaired) electrons. The minimum atomic E-state index is -4.43. The molecule has 0 saturated carbocycles. The van der Waals surface area contributed by atoms with Crippen molar-refractivity contribution in [2.24, 2.45) is 11.8 Å². The van der Waals surface area contributed by atoms with Crippen molar-refractivity contribution in [2.75, 3.05) is 59.9 Å². The van der Waals surface area contributed by atoms with E-state index < -0.39 is 54.6 Å². The van der Waals surface area contributed by atoms with Crippen molar-refractivity contribution < 1.29 is 56.4 Å². The van der Waals surface area contributed by atoms with Gasteiger partial charge in [0, 0.05) is 19.6 Å². The van der Waals surface area contributed by atoms with Crippen molar-refractivity contribution in [3.63, 3.8) is 0 Å². The van der Waals surface area contributed by atoms with Crippen LogP contribution in [-0.4, -0.2) is 123 Å². The van der Waals surface area contributed by atoms with Crippen molar-refractivity contribution >= 4 is 23.7 Å². The summed E-state index contributed by atoms with van der Waals surface area (Å²) >= 11 is 0. The number of sulfonamides is 1. The number of aliphatic hydroxyl groups is 1. The molecule has 15 nitrogen and oxygen atoms in total. The molecule has 274 valence electrons. The lowest BCUT2D eigenvalue weighted by Gasteiger charge is -2.31. The van der Waals surface area contributed by atoms with E-state index in [0.717, 1.165) is 16.4 Å². The SMILES string of the molecule is CC(C)CN(C[C@@H](O)[C@H](Cc1ccc(OCCN(C)C)cc1)NC(=O)O[C@H]1CO[C@H]2OCC[C@H]21)S(=O)(=O)c1ccc(OCP(=O)(O)O)cc1. The first-order valence-corrected chi connectivity index (χ1v) is 19.4. The summed E-state index contributed by atoms with van der Waals surface area (Å²) in [6, 6.07) is 11.4. The molecule has 2 heterocycles. The van der Waals surface area contributed by atoms with Gasteiger partial charge in [-0.25, -0.2) is 13.2 Å². The van der Waals surface area contributed by atoms with Crippen LogP contribution in [0.5, 0.6) is 11.5 Å². The number of aliphatic hydroxyl groups excluding tert-OH is 1. The van der Waals surface area contributed by atoms with Gasteiger partial charge in [-0.05, 0) is 74.8 Å². The van der Waals surface area contributed by atoms with Gasteiger partial charge in [-0.15, -0.1) is 0 Å². The molecule has 49 heavy (non-hydrogen) atoms. The highest BCUT2D eigenvalue weighted by atomic mass is 32.2. The fourth-order valence-electron chi connectivity index (χ4n) is 5.50. The molecule has 1 amide bonds. The highest BCUT2D eigenvalue weighted by molar-refractivity contribution is 7.89. The van der Waals surface area contributed by atoms with Crippen molar-refractivity contribution in [1.82, 2.24) is 14.5 Å². The number of alkyl carbamates (subject to hydrolysis) is 1. The maximum absolute atomic E-state index is 13.8. The largest absolute Gasteiger partial charge is 0.492 e. The zero-order chi connectivity index (χ0) is 35.8. The van der Waals surface area contributed by atoms with Crippen LogP contribution in [0.15, 0.2) is 53.4 Å². The molecule has 0 spiro atoms. The van der Waals surface area contributed by atoms with Crippen molar-refractivity contribution in [3.05, 3.63) is 54.1 Å². The van der Waals surface area contributed by atoms with Gasteiger partial charge in [0.25, 0.3) is 0 Å². The lowest BCUT2D eigenvalue weighted by Crippen LogP contribution is -2.51. The summed E-state index contributed by atoms with van der Waals surface area (Å²) in [7, 11) is -4.69. The minimum Gasteiger partial charge on any atom is -0.492 e. The molecular formula is C32H48N3O12PS. The third-order valence-corrected chi connectivity index (χ3v) is 10.3. The van der Waals surface area contributed by atoms with Crippen molar-refractivity contribution in [1.29, 1.82) is 0 Å². The fraction of sp³-hybridized carbons (Fsp3) is 0.594. The maximum Gasteiger partial charge on any atom is 0.407 e. The molecule has 5 atom stereocenters. The molecule has 4 N–H and O–H groups in total. The van der Waals surface area contributed by atoms with Gasteiger partial charge >= 0.3 is 13.7 Å². The Bertz CT molecular complexity index is 1500. The van der Waals surface area contributed by atoms with Crippen LogP contribution in [0.1, 0.15) is 25.8 Å².